The first kappa shape index (κ1) is 18.4. The van der Waals surface area contributed by atoms with E-state index in [0.717, 1.165) is 10.6 Å². The van der Waals surface area contributed by atoms with Crippen molar-refractivity contribution in [3.05, 3.63) is 68.9 Å². The highest BCUT2D eigenvalue weighted by atomic mass is 19.1. The zero-order valence-corrected chi connectivity index (χ0v) is 14.0. The van der Waals surface area contributed by atoms with Crippen molar-refractivity contribution >= 4 is 17.4 Å². The second-order valence-electron chi connectivity index (χ2n) is 6.00. The van der Waals surface area contributed by atoms with E-state index >= 15 is 0 Å². The number of nitrogens with zero attached hydrogens (tertiary/aromatic N) is 3. The van der Waals surface area contributed by atoms with Crippen molar-refractivity contribution in [2.24, 2.45) is 0 Å². The normalized spacial score (nSPS) is 12.4. The lowest BCUT2D eigenvalue weighted by atomic mass is 10.0. The first-order chi connectivity index (χ1) is 12.8. The van der Waals surface area contributed by atoms with Crippen LogP contribution in [0.1, 0.15) is 24.0 Å². The van der Waals surface area contributed by atoms with Gasteiger partial charge in [-0.05, 0) is 36.6 Å². The number of benzene rings is 1. The van der Waals surface area contributed by atoms with Gasteiger partial charge in [-0.2, -0.15) is 5.10 Å². The molecule has 0 spiro atoms. The number of aliphatic hydroxyl groups excluding tert-OH is 1. The lowest BCUT2D eigenvalue weighted by Crippen LogP contribution is -2.35. The van der Waals surface area contributed by atoms with Gasteiger partial charge in [-0.15, -0.1) is 0 Å². The van der Waals surface area contributed by atoms with Crippen LogP contribution in [0.4, 0.5) is 8.78 Å². The summed E-state index contributed by atoms with van der Waals surface area (Å²) in [4.78, 5) is 27.2. The summed E-state index contributed by atoms with van der Waals surface area (Å²) in [5.74, 6) is -2.87. The molecule has 2 aromatic heterocycles. The van der Waals surface area contributed by atoms with Gasteiger partial charge in [-0.1, -0.05) is 0 Å². The van der Waals surface area contributed by atoms with Crippen molar-refractivity contribution in [3.63, 3.8) is 0 Å². The molecule has 27 heavy (non-hydrogen) atoms. The first-order valence-electron chi connectivity index (χ1n) is 8.09. The molecule has 0 saturated carbocycles. The van der Waals surface area contributed by atoms with Gasteiger partial charge in [-0.3, -0.25) is 9.59 Å². The van der Waals surface area contributed by atoms with Crippen LogP contribution in [-0.2, 0) is 17.6 Å². The number of hydrogen-bond acceptors (Lipinski definition) is 5. The summed E-state index contributed by atoms with van der Waals surface area (Å²) in [5, 5.41) is 22.6. The Balaban J connectivity index is 1.98. The maximum atomic E-state index is 13.3. The molecule has 0 saturated heterocycles. The van der Waals surface area contributed by atoms with E-state index in [1.807, 2.05) is 0 Å². The smallest absolute Gasteiger partial charge is 0.303 e. The van der Waals surface area contributed by atoms with Crippen LogP contribution < -0.4 is 10.8 Å². The van der Waals surface area contributed by atoms with Crippen molar-refractivity contribution in [3.8, 4) is 0 Å². The molecule has 2 heterocycles. The molecule has 3 aromatic rings. The molecular formula is C18H15F2N3O4. The van der Waals surface area contributed by atoms with Gasteiger partial charge in [0.15, 0.2) is 11.0 Å². The van der Waals surface area contributed by atoms with Crippen LogP contribution in [0.2, 0.25) is 0 Å². The van der Waals surface area contributed by atoms with Crippen molar-refractivity contribution in [2.75, 3.05) is 0 Å². The summed E-state index contributed by atoms with van der Waals surface area (Å²) < 4.78 is 27.8. The van der Waals surface area contributed by atoms with E-state index in [-0.39, 0.29) is 31.0 Å². The van der Waals surface area contributed by atoms with E-state index in [4.69, 9.17) is 5.11 Å². The van der Waals surface area contributed by atoms with Gasteiger partial charge < -0.3 is 10.2 Å². The predicted molar refractivity (Wildman–Crippen MR) is 91.1 cm³/mol. The fourth-order valence-corrected chi connectivity index (χ4v) is 2.85. The van der Waals surface area contributed by atoms with Gasteiger partial charge in [0.05, 0.1) is 6.42 Å². The minimum atomic E-state index is -1.11. The third-order valence-electron chi connectivity index (χ3n) is 4.04. The number of pyridine rings is 1. The monoisotopic (exact) mass is 375 g/mol. The fourth-order valence-electron chi connectivity index (χ4n) is 2.85. The Bertz CT molecular complexity index is 1110. The zero-order valence-electron chi connectivity index (χ0n) is 14.0. The van der Waals surface area contributed by atoms with Crippen molar-refractivity contribution in [2.45, 2.75) is 25.7 Å². The van der Waals surface area contributed by atoms with Gasteiger partial charge in [0.1, 0.15) is 23.7 Å². The number of fused-ring (bicyclic) bond motifs is 1. The van der Waals surface area contributed by atoms with Crippen molar-refractivity contribution < 1.29 is 23.8 Å². The lowest BCUT2D eigenvalue weighted by Gasteiger charge is -2.06. The molecule has 9 heteroatoms. The first-order valence-corrected chi connectivity index (χ1v) is 8.09. The number of carbonyl (C=O) groups is 1. The Labute approximate surface area is 151 Å². The molecule has 0 unspecified atom stereocenters. The van der Waals surface area contributed by atoms with Crippen LogP contribution in [0.15, 0.2) is 35.4 Å². The Morgan fingerprint density at radius 1 is 1.04 bits per heavy atom. The third kappa shape index (κ3) is 4.08. The van der Waals surface area contributed by atoms with E-state index in [0.29, 0.717) is 16.8 Å². The number of rotatable bonds is 6. The van der Waals surface area contributed by atoms with Crippen LogP contribution in [-0.4, -0.2) is 30.8 Å². The second kappa shape index (κ2) is 7.48. The Hall–Kier alpha value is -3.36. The number of carboxylic acid groups (broad SMARTS) is 1. The van der Waals surface area contributed by atoms with Crippen LogP contribution in [0.25, 0.3) is 11.4 Å². The molecule has 0 atom stereocenters. The van der Waals surface area contributed by atoms with Crippen molar-refractivity contribution in [1.82, 2.24) is 14.6 Å². The number of aliphatic hydroxyl groups is 1. The SMILES string of the molecule is O=C(O)CC/C(O)=c1\c(=O)cc(CCc2cc(F)cc(F)c2)c2ncnn12. The van der Waals surface area contributed by atoms with E-state index in [9.17, 15) is 23.5 Å². The van der Waals surface area contributed by atoms with Crippen LogP contribution in [0.5, 0.6) is 0 Å². The Morgan fingerprint density at radius 3 is 2.41 bits per heavy atom. The largest absolute Gasteiger partial charge is 0.510 e. The minimum absolute atomic E-state index is 0.149. The highest BCUT2D eigenvalue weighted by molar-refractivity contribution is 5.68. The van der Waals surface area contributed by atoms with Gasteiger partial charge in [0.2, 0.25) is 5.43 Å². The summed E-state index contributed by atoms with van der Waals surface area (Å²) in [7, 11) is 0. The number of aryl methyl sites for hydroxylation is 2. The van der Waals surface area contributed by atoms with Crippen molar-refractivity contribution in [1.29, 1.82) is 0 Å². The summed E-state index contributed by atoms with van der Waals surface area (Å²) in [6.45, 7) is 0. The molecule has 0 bridgehead atoms. The number of carboxylic acids is 1. The summed E-state index contributed by atoms with van der Waals surface area (Å²) in [6.07, 6.45) is 1.19. The highest BCUT2D eigenvalue weighted by Crippen LogP contribution is 2.13. The number of hydrogen-bond donors (Lipinski definition) is 2. The van der Waals surface area contributed by atoms with E-state index in [2.05, 4.69) is 10.1 Å². The molecule has 0 amide bonds. The number of aliphatic carboxylic acids is 1. The molecule has 0 aliphatic carbocycles. The maximum absolute atomic E-state index is 13.3. The van der Waals surface area contributed by atoms with E-state index in [1.165, 1.54) is 24.5 Å². The Kier molecular flexibility index (Phi) is 5.11. The van der Waals surface area contributed by atoms with Gasteiger partial charge >= 0.3 is 5.97 Å². The maximum Gasteiger partial charge on any atom is 0.303 e. The summed E-state index contributed by atoms with van der Waals surface area (Å²) >= 11 is 0. The summed E-state index contributed by atoms with van der Waals surface area (Å²) in [6, 6.07) is 4.47. The molecule has 1 aromatic carbocycles. The average Bonchev–Trinajstić information content (AvgIpc) is 3.06. The van der Waals surface area contributed by atoms with Gasteiger partial charge in [0, 0.05) is 18.1 Å². The molecule has 140 valence electrons. The molecule has 7 nitrogen and oxygen atoms in total. The summed E-state index contributed by atoms with van der Waals surface area (Å²) in [5.41, 5.74) is 0.689. The molecule has 0 aliphatic heterocycles. The molecule has 0 aliphatic rings. The third-order valence-corrected chi connectivity index (χ3v) is 4.04. The molecule has 2 N–H and O–H groups in total. The predicted octanol–water partition coefficient (Wildman–Crippen LogP) is 1.40. The topological polar surface area (TPSA) is 105 Å². The van der Waals surface area contributed by atoms with Crippen LogP contribution in [0.3, 0.4) is 0 Å². The quantitative estimate of drug-likeness (QED) is 0.675. The number of halogens is 2. The molecule has 3 rings (SSSR count). The zero-order chi connectivity index (χ0) is 19.6. The minimum Gasteiger partial charge on any atom is -0.510 e. The molecule has 0 radical (unpaired) electrons. The highest BCUT2D eigenvalue weighted by Gasteiger charge is 2.13. The fraction of sp³-hybridized carbons (Fsp3) is 0.222. The Morgan fingerprint density at radius 2 is 1.74 bits per heavy atom. The molecular weight excluding hydrogens is 360 g/mol. The average molecular weight is 375 g/mol. The number of aromatic nitrogens is 3. The standard InChI is InChI=1S/C18H15F2N3O4/c19-12-5-10(6-13(20)8-12)1-2-11-7-15(25)17(14(24)3-4-16(26)27)23-18(11)21-9-22-23/h5-9,24H,1-4H2,(H,26,27)/b17-14-. The van der Waals surface area contributed by atoms with Crippen LogP contribution >= 0.6 is 0 Å². The van der Waals surface area contributed by atoms with Gasteiger partial charge in [0.25, 0.3) is 0 Å². The lowest BCUT2D eigenvalue weighted by molar-refractivity contribution is -0.136. The van der Waals surface area contributed by atoms with Gasteiger partial charge in [-0.25, -0.2) is 18.3 Å². The second-order valence-corrected chi connectivity index (χ2v) is 6.00. The molecule has 0 fully saturated rings. The van der Waals surface area contributed by atoms with E-state index < -0.39 is 28.8 Å². The van der Waals surface area contributed by atoms with E-state index in [1.54, 1.807) is 0 Å². The van der Waals surface area contributed by atoms with Crippen LogP contribution in [0, 0.1) is 11.6 Å².